The van der Waals surface area contributed by atoms with Gasteiger partial charge in [-0.3, -0.25) is 4.89 Å². The lowest BCUT2D eigenvalue weighted by molar-refractivity contribution is -0.182. The molecule has 1 aromatic carbocycles. The first-order valence-corrected chi connectivity index (χ1v) is 6.35. The maximum Gasteiger partial charge on any atom is 0.373 e. The van der Waals surface area contributed by atoms with Crippen molar-refractivity contribution in [2.75, 3.05) is 6.61 Å². The first-order chi connectivity index (χ1) is 10.3. The zero-order valence-electron chi connectivity index (χ0n) is 12.4. The van der Waals surface area contributed by atoms with Crippen LogP contribution in [0.1, 0.15) is 41.0 Å². The number of rotatable bonds is 5. The van der Waals surface area contributed by atoms with Crippen molar-refractivity contribution in [1.29, 1.82) is 0 Å². The summed E-state index contributed by atoms with van der Waals surface area (Å²) in [6.45, 7) is 6.74. The van der Waals surface area contributed by atoms with E-state index in [1.54, 1.807) is 12.1 Å². The minimum atomic E-state index is -0.982. The second kappa shape index (κ2) is 10.1. The van der Waals surface area contributed by atoms with Gasteiger partial charge in [0, 0.05) is 5.57 Å². The summed E-state index contributed by atoms with van der Waals surface area (Å²) in [5.74, 6) is -2.53. The van der Waals surface area contributed by atoms with Crippen LogP contribution in [0.3, 0.4) is 0 Å². The molecule has 120 valence electrons. The molecule has 0 saturated carbocycles. The number of esters is 1. The third-order valence-corrected chi connectivity index (χ3v) is 2.25. The number of benzene rings is 1. The van der Waals surface area contributed by atoms with Gasteiger partial charge in [-0.15, -0.1) is 0 Å². The monoisotopic (exact) mass is 310 g/mol. The summed E-state index contributed by atoms with van der Waals surface area (Å²) in [6, 6.07) is 5.96. The Morgan fingerprint density at radius 2 is 1.59 bits per heavy atom. The van der Waals surface area contributed by atoms with Crippen LogP contribution in [0.25, 0.3) is 0 Å². The molecule has 22 heavy (non-hydrogen) atoms. The van der Waals surface area contributed by atoms with Crippen LogP contribution in [0.5, 0.6) is 0 Å². The zero-order valence-corrected chi connectivity index (χ0v) is 12.4. The molecule has 0 saturated heterocycles. The third kappa shape index (κ3) is 6.67. The van der Waals surface area contributed by atoms with Crippen LogP contribution < -0.4 is 0 Å². The predicted molar refractivity (Wildman–Crippen MR) is 77.5 cm³/mol. The van der Waals surface area contributed by atoms with E-state index < -0.39 is 17.9 Å². The number of carbonyl (C=O) groups excluding carboxylic acids is 2. The van der Waals surface area contributed by atoms with Crippen LogP contribution in [0.2, 0.25) is 0 Å². The maximum absolute atomic E-state index is 11.5. The van der Waals surface area contributed by atoms with Gasteiger partial charge in [-0.1, -0.05) is 25.6 Å². The van der Waals surface area contributed by atoms with Gasteiger partial charge in [0.05, 0.1) is 17.7 Å². The average molecular weight is 310 g/mol. The van der Waals surface area contributed by atoms with Crippen molar-refractivity contribution in [2.45, 2.75) is 20.3 Å². The van der Waals surface area contributed by atoms with Crippen molar-refractivity contribution >= 4 is 17.9 Å². The third-order valence-electron chi connectivity index (χ3n) is 2.25. The molecule has 0 bridgehead atoms. The summed E-state index contributed by atoms with van der Waals surface area (Å²) in [4.78, 5) is 35.9. The molecule has 1 aromatic rings. The topological polar surface area (TPSA) is 110 Å². The van der Waals surface area contributed by atoms with Crippen molar-refractivity contribution in [2.24, 2.45) is 0 Å². The number of aliphatic carboxylic acids is 1. The Morgan fingerprint density at radius 3 is 1.95 bits per heavy atom. The molecule has 2 N–H and O–H groups in total. The summed E-state index contributed by atoms with van der Waals surface area (Å²) >= 11 is 0. The number of carbonyl (C=O) groups is 3. The highest BCUT2D eigenvalue weighted by atomic mass is 17.1. The van der Waals surface area contributed by atoms with E-state index in [0.29, 0.717) is 6.42 Å². The van der Waals surface area contributed by atoms with E-state index >= 15 is 0 Å². The molecule has 0 fully saturated rings. The van der Waals surface area contributed by atoms with Gasteiger partial charge in [0.15, 0.2) is 0 Å². The molecule has 0 spiro atoms. The molecule has 0 amide bonds. The quantitative estimate of drug-likeness (QED) is 0.372. The lowest BCUT2D eigenvalue weighted by Crippen LogP contribution is -2.13. The van der Waals surface area contributed by atoms with E-state index in [-0.39, 0.29) is 23.3 Å². The van der Waals surface area contributed by atoms with E-state index in [1.807, 2.05) is 6.92 Å². The van der Waals surface area contributed by atoms with Crippen molar-refractivity contribution < 1.29 is 34.4 Å². The highest BCUT2D eigenvalue weighted by Crippen LogP contribution is 2.11. The second-order valence-corrected chi connectivity index (χ2v) is 4.15. The van der Waals surface area contributed by atoms with Gasteiger partial charge >= 0.3 is 17.9 Å². The van der Waals surface area contributed by atoms with E-state index in [4.69, 9.17) is 15.1 Å². The lowest BCUT2D eigenvalue weighted by Gasteiger charge is -2.06. The Labute approximate surface area is 127 Å². The predicted octanol–water partition coefficient (Wildman–Crippen LogP) is 2.53. The Bertz CT molecular complexity index is 537. The van der Waals surface area contributed by atoms with E-state index in [0.717, 1.165) is 0 Å². The number of carboxylic acids is 1. The smallest absolute Gasteiger partial charge is 0.373 e. The van der Waals surface area contributed by atoms with Crippen molar-refractivity contribution in [1.82, 2.24) is 0 Å². The van der Waals surface area contributed by atoms with Crippen LogP contribution in [-0.4, -0.2) is 34.9 Å². The summed E-state index contributed by atoms with van der Waals surface area (Å²) in [6.07, 6.45) is 0.693. The van der Waals surface area contributed by atoms with Crippen molar-refractivity contribution in [3.63, 3.8) is 0 Å². The molecular weight excluding hydrogens is 292 g/mol. The normalized spacial score (nSPS) is 9.05. The van der Waals surface area contributed by atoms with Crippen molar-refractivity contribution in [3.8, 4) is 0 Å². The van der Waals surface area contributed by atoms with Crippen LogP contribution in [0.4, 0.5) is 0 Å². The highest BCUT2D eigenvalue weighted by Gasteiger charge is 2.18. The second-order valence-electron chi connectivity index (χ2n) is 4.15. The van der Waals surface area contributed by atoms with Gasteiger partial charge in [-0.05, 0) is 25.5 Å². The Balaban J connectivity index is 0.000000626. The summed E-state index contributed by atoms with van der Waals surface area (Å²) in [5.41, 5.74) is 0.233. The fraction of sp³-hybridized carbons (Fsp3) is 0.267. The summed E-state index contributed by atoms with van der Waals surface area (Å²) < 4.78 is 4.88. The number of carboxylic acid groups (broad SMARTS) is 1. The number of ether oxygens (including phenoxy) is 1. The fourth-order valence-electron chi connectivity index (χ4n) is 1.16. The fourth-order valence-corrected chi connectivity index (χ4v) is 1.16. The molecule has 7 nitrogen and oxygen atoms in total. The Kier molecular flexibility index (Phi) is 8.89. The number of hydrogen-bond donors (Lipinski definition) is 2. The molecule has 0 unspecified atom stereocenters. The van der Waals surface area contributed by atoms with Crippen molar-refractivity contribution in [3.05, 3.63) is 47.5 Å². The minimum absolute atomic E-state index is 0.0221. The van der Waals surface area contributed by atoms with Gasteiger partial charge in [0.25, 0.3) is 0 Å². The Hall–Kier alpha value is -2.67. The first kappa shape index (κ1) is 19.3. The van der Waals surface area contributed by atoms with Crippen LogP contribution in [-0.2, 0) is 14.4 Å². The van der Waals surface area contributed by atoms with Gasteiger partial charge in [0.1, 0.15) is 0 Å². The van der Waals surface area contributed by atoms with Crippen LogP contribution in [0, 0.1) is 0 Å². The molecule has 7 heteroatoms. The molecule has 0 aliphatic rings. The molecular formula is C15H18O7. The number of hydrogen-bond acceptors (Lipinski definition) is 6. The minimum Gasteiger partial charge on any atom is -0.478 e. The largest absolute Gasteiger partial charge is 0.478 e. The van der Waals surface area contributed by atoms with E-state index in [2.05, 4.69) is 11.5 Å². The highest BCUT2D eigenvalue weighted by molar-refractivity contribution is 6.02. The average Bonchev–Trinajstić information content (AvgIpc) is 2.52. The van der Waals surface area contributed by atoms with Gasteiger partial charge in [-0.2, -0.15) is 5.26 Å². The van der Waals surface area contributed by atoms with E-state index in [9.17, 15) is 14.4 Å². The van der Waals surface area contributed by atoms with E-state index in [1.165, 1.54) is 19.1 Å². The molecule has 1 rings (SSSR count). The molecule has 0 atom stereocenters. The molecule has 0 aromatic heterocycles. The maximum atomic E-state index is 11.5. The Morgan fingerprint density at radius 1 is 1.14 bits per heavy atom. The molecule has 0 radical (unpaired) electrons. The lowest BCUT2D eigenvalue weighted by atomic mass is 10.1. The first-order valence-electron chi connectivity index (χ1n) is 6.35. The zero-order chi connectivity index (χ0) is 17.1. The summed E-state index contributed by atoms with van der Waals surface area (Å²) in [7, 11) is 0. The molecule has 0 aliphatic carbocycles. The van der Waals surface area contributed by atoms with Crippen LogP contribution >= 0.6 is 0 Å². The van der Waals surface area contributed by atoms with Crippen LogP contribution in [0.15, 0.2) is 36.4 Å². The summed E-state index contributed by atoms with van der Waals surface area (Å²) in [5, 5.41) is 16.2. The SMILES string of the molecule is C=C(C)C(=O)O.CCCOC(=O)c1ccccc1C(=O)OO. The standard InChI is InChI=1S/C11H12O5.C4H6O2/c1-2-7-15-10(12)8-5-3-4-6-9(8)11(13)16-14;1-3(2)4(5)6/h3-6,14H,2,7H2,1H3;1H2,2H3,(H,5,6). The van der Waals surface area contributed by atoms with Gasteiger partial charge in [0.2, 0.25) is 0 Å². The molecule has 0 heterocycles. The molecule has 0 aliphatic heterocycles. The van der Waals surface area contributed by atoms with Gasteiger partial charge in [-0.25, -0.2) is 14.4 Å². The van der Waals surface area contributed by atoms with Gasteiger partial charge < -0.3 is 9.84 Å².